The molecule has 0 atom stereocenters. The van der Waals surface area contributed by atoms with E-state index in [-0.39, 0.29) is 0 Å². The molecule has 0 spiro atoms. The molecule has 8 heteroatoms. The summed E-state index contributed by atoms with van der Waals surface area (Å²) in [5.41, 5.74) is 0. The Morgan fingerprint density at radius 1 is 1.47 bits per heavy atom. The van der Waals surface area contributed by atoms with Gasteiger partial charge in [0.15, 0.2) is 0 Å². The Balaban J connectivity index is 2.00. The van der Waals surface area contributed by atoms with Gasteiger partial charge in [0.05, 0.1) is 6.54 Å². The first-order chi connectivity index (χ1) is 9.05. The molecule has 108 valence electrons. The lowest BCUT2D eigenvalue weighted by atomic mass is 10.4. The summed E-state index contributed by atoms with van der Waals surface area (Å²) in [5.74, 6) is 0.804. The second-order valence-corrected chi connectivity index (χ2v) is 6.69. The largest absolute Gasteiger partial charge is 0.333 e. The highest BCUT2D eigenvalue weighted by molar-refractivity contribution is 7.86. The monoisotopic (exact) mass is 287 g/mol. The number of fused-ring (bicyclic) bond motifs is 1. The van der Waals surface area contributed by atoms with Crippen LogP contribution in [0.2, 0.25) is 0 Å². The van der Waals surface area contributed by atoms with Crippen molar-refractivity contribution in [2.75, 3.05) is 33.7 Å². The molecule has 0 bridgehead atoms. The summed E-state index contributed by atoms with van der Waals surface area (Å²) in [5, 5.41) is 3.02. The third-order valence-electron chi connectivity index (χ3n) is 3.33. The minimum Gasteiger partial charge on any atom is -0.333 e. The van der Waals surface area contributed by atoms with Crippen molar-refractivity contribution in [3.63, 3.8) is 0 Å². The summed E-state index contributed by atoms with van der Waals surface area (Å²) in [6.45, 7) is 2.85. The van der Waals surface area contributed by atoms with Gasteiger partial charge in [0.25, 0.3) is 10.2 Å². The Labute approximate surface area is 114 Å². The molecule has 0 aromatic carbocycles. The summed E-state index contributed by atoms with van der Waals surface area (Å²) < 4.78 is 29.7. The maximum Gasteiger partial charge on any atom is 0.282 e. The molecule has 0 aliphatic carbocycles. The van der Waals surface area contributed by atoms with Crippen molar-refractivity contribution in [3.05, 3.63) is 18.2 Å². The molecule has 0 unspecified atom stereocenters. The number of nitrogens with one attached hydrogen (secondary N) is 1. The van der Waals surface area contributed by atoms with Crippen LogP contribution in [0, 0.1) is 0 Å². The molecule has 1 aliphatic heterocycles. The van der Waals surface area contributed by atoms with Crippen LogP contribution in [-0.4, -0.2) is 60.3 Å². The highest BCUT2D eigenvalue weighted by Crippen LogP contribution is 2.16. The molecule has 0 amide bonds. The van der Waals surface area contributed by atoms with Crippen LogP contribution >= 0.6 is 0 Å². The van der Waals surface area contributed by atoms with E-state index in [0.29, 0.717) is 26.2 Å². The summed E-state index contributed by atoms with van der Waals surface area (Å²) in [6, 6.07) is 0. The lowest BCUT2D eigenvalue weighted by Gasteiger charge is -2.30. The maximum atomic E-state index is 12.4. The molecule has 19 heavy (non-hydrogen) atoms. The van der Waals surface area contributed by atoms with Crippen LogP contribution in [0.1, 0.15) is 12.2 Å². The van der Waals surface area contributed by atoms with E-state index in [1.165, 1.54) is 8.61 Å². The Morgan fingerprint density at radius 2 is 2.26 bits per heavy atom. The normalized spacial score (nSPS) is 16.8. The number of imidazole rings is 1. The number of nitrogens with zero attached hydrogens (tertiary/aromatic N) is 4. The van der Waals surface area contributed by atoms with E-state index in [0.717, 1.165) is 18.8 Å². The second-order valence-electron chi connectivity index (χ2n) is 4.66. The van der Waals surface area contributed by atoms with Crippen molar-refractivity contribution in [1.29, 1.82) is 0 Å². The van der Waals surface area contributed by atoms with E-state index in [1.807, 2.05) is 17.8 Å². The van der Waals surface area contributed by atoms with Gasteiger partial charge in [0.1, 0.15) is 5.82 Å². The average molecular weight is 287 g/mol. The third kappa shape index (κ3) is 3.14. The molecule has 0 radical (unpaired) electrons. The predicted molar refractivity (Wildman–Crippen MR) is 72.7 cm³/mol. The number of rotatable bonds is 6. The van der Waals surface area contributed by atoms with E-state index in [2.05, 4.69) is 10.3 Å². The van der Waals surface area contributed by atoms with Crippen LogP contribution < -0.4 is 5.32 Å². The Kier molecular flexibility index (Phi) is 4.56. The van der Waals surface area contributed by atoms with Crippen molar-refractivity contribution >= 4 is 10.2 Å². The van der Waals surface area contributed by atoms with Gasteiger partial charge in [-0.05, 0) is 20.0 Å². The van der Waals surface area contributed by atoms with Crippen molar-refractivity contribution < 1.29 is 8.42 Å². The van der Waals surface area contributed by atoms with Gasteiger partial charge in [-0.15, -0.1) is 0 Å². The van der Waals surface area contributed by atoms with Crippen LogP contribution in [-0.2, 0) is 23.3 Å². The van der Waals surface area contributed by atoms with E-state index in [4.69, 9.17) is 0 Å². The quantitative estimate of drug-likeness (QED) is 0.715. The Morgan fingerprint density at radius 3 is 3.00 bits per heavy atom. The summed E-state index contributed by atoms with van der Waals surface area (Å²) >= 11 is 0. The van der Waals surface area contributed by atoms with Crippen LogP contribution in [0.4, 0.5) is 0 Å². The Bertz CT molecular complexity index is 513. The van der Waals surface area contributed by atoms with Gasteiger partial charge < -0.3 is 9.88 Å². The second kappa shape index (κ2) is 6.00. The highest BCUT2D eigenvalue weighted by atomic mass is 32.2. The van der Waals surface area contributed by atoms with Crippen molar-refractivity contribution in [2.45, 2.75) is 19.5 Å². The van der Waals surface area contributed by atoms with Gasteiger partial charge in [0.2, 0.25) is 0 Å². The van der Waals surface area contributed by atoms with E-state index < -0.39 is 10.2 Å². The summed E-state index contributed by atoms with van der Waals surface area (Å²) in [7, 11) is 0.114. The summed E-state index contributed by atoms with van der Waals surface area (Å²) in [6.07, 6.45) is 4.40. The van der Waals surface area contributed by atoms with Crippen LogP contribution in [0.3, 0.4) is 0 Å². The first kappa shape index (κ1) is 14.4. The van der Waals surface area contributed by atoms with Gasteiger partial charge >= 0.3 is 0 Å². The van der Waals surface area contributed by atoms with Crippen molar-refractivity contribution in [3.8, 4) is 0 Å². The molecule has 1 N–H and O–H groups in total. The fraction of sp³-hybridized carbons (Fsp3) is 0.727. The van der Waals surface area contributed by atoms with E-state index in [1.54, 1.807) is 13.2 Å². The highest BCUT2D eigenvalue weighted by Gasteiger charge is 2.30. The Hall–Kier alpha value is -0.960. The van der Waals surface area contributed by atoms with E-state index in [9.17, 15) is 8.42 Å². The zero-order valence-electron chi connectivity index (χ0n) is 11.4. The third-order valence-corrected chi connectivity index (χ3v) is 5.26. The van der Waals surface area contributed by atoms with Crippen LogP contribution in [0.25, 0.3) is 0 Å². The van der Waals surface area contributed by atoms with Gasteiger partial charge in [-0.3, -0.25) is 0 Å². The fourth-order valence-corrected chi connectivity index (χ4v) is 3.48. The molecule has 7 nitrogen and oxygen atoms in total. The minimum absolute atomic E-state index is 0.353. The predicted octanol–water partition coefficient (Wildman–Crippen LogP) is -0.515. The van der Waals surface area contributed by atoms with Gasteiger partial charge in [-0.2, -0.15) is 17.0 Å². The SMILES string of the molecule is CNCCCN(C)S(=O)(=O)N1CCn2ccnc2C1. The van der Waals surface area contributed by atoms with Crippen molar-refractivity contribution in [1.82, 2.24) is 23.5 Å². The first-order valence-corrected chi connectivity index (χ1v) is 7.81. The first-order valence-electron chi connectivity index (χ1n) is 6.41. The topological polar surface area (TPSA) is 70.5 Å². The zero-order chi connectivity index (χ0) is 13.9. The lowest BCUT2D eigenvalue weighted by molar-refractivity contribution is 0.305. The smallest absolute Gasteiger partial charge is 0.282 e. The van der Waals surface area contributed by atoms with E-state index >= 15 is 0 Å². The van der Waals surface area contributed by atoms with Gasteiger partial charge in [-0.1, -0.05) is 0 Å². The maximum absolute atomic E-state index is 12.4. The number of hydrogen-bond donors (Lipinski definition) is 1. The molecular formula is C11H21N5O2S. The van der Waals surface area contributed by atoms with Crippen LogP contribution in [0.15, 0.2) is 12.4 Å². The van der Waals surface area contributed by atoms with Gasteiger partial charge in [0, 0.05) is 39.1 Å². The molecule has 0 saturated heterocycles. The standard InChI is InChI=1S/C11H21N5O2S/c1-12-4-3-6-14(2)19(17,18)16-9-8-15-7-5-13-11(15)10-16/h5,7,12H,3-4,6,8-10H2,1-2H3. The molecule has 0 fully saturated rings. The molecular weight excluding hydrogens is 266 g/mol. The summed E-state index contributed by atoms with van der Waals surface area (Å²) in [4.78, 5) is 4.18. The molecule has 1 aliphatic rings. The molecule has 0 saturated carbocycles. The minimum atomic E-state index is -3.38. The zero-order valence-corrected chi connectivity index (χ0v) is 12.2. The molecule has 2 heterocycles. The van der Waals surface area contributed by atoms with Gasteiger partial charge in [-0.25, -0.2) is 4.98 Å². The fourth-order valence-electron chi connectivity index (χ4n) is 2.14. The lowest BCUT2D eigenvalue weighted by Crippen LogP contribution is -2.46. The van der Waals surface area contributed by atoms with Crippen molar-refractivity contribution in [2.24, 2.45) is 0 Å². The van der Waals surface area contributed by atoms with Crippen LogP contribution in [0.5, 0.6) is 0 Å². The molecule has 2 rings (SSSR count). The number of aromatic nitrogens is 2. The molecule has 1 aromatic heterocycles. The average Bonchev–Trinajstić information content (AvgIpc) is 2.85. The number of hydrogen-bond acceptors (Lipinski definition) is 4. The molecule has 1 aromatic rings.